The zero-order valence-electron chi connectivity index (χ0n) is 9.62. The van der Waals surface area contributed by atoms with E-state index in [1.165, 1.54) is 12.8 Å². The molecule has 1 saturated carbocycles. The van der Waals surface area contributed by atoms with Crippen LogP contribution in [0.3, 0.4) is 0 Å². The molecule has 0 bridgehead atoms. The number of esters is 1. The van der Waals surface area contributed by atoms with Gasteiger partial charge >= 0.3 is 5.97 Å². The molecular formula is C11H21NO2S. The molecule has 0 aromatic rings. The molecule has 1 fully saturated rings. The Bertz CT molecular complexity index is 195. The monoisotopic (exact) mass is 231 g/mol. The lowest BCUT2D eigenvalue weighted by molar-refractivity contribution is -0.145. The lowest BCUT2D eigenvalue weighted by atomic mass is 10.3. The van der Waals surface area contributed by atoms with Crippen molar-refractivity contribution in [3.8, 4) is 0 Å². The van der Waals surface area contributed by atoms with Gasteiger partial charge in [-0.25, -0.2) is 0 Å². The van der Waals surface area contributed by atoms with Crippen LogP contribution in [0.25, 0.3) is 0 Å². The molecule has 0 amide bonds. The van der Waals surface area contributed by atoms with Gasteiger partial charge in [0.05, 0.1) is 6.61 Å². The summed E-state index contributed by atoms with van der Waals surface area (Å²) in [5.41, 5.74) is 0. The van der Waals surface area contributed by atoms with Gasteiger partial charge in [0.2, 0.25) is 0 Å². The Morgan fingerprint density at radius 3 is 2.80 bits per heavy atom. The molecule has 1 aliphatic rings. The van der Waals surface area contributed by atoms with Gasteiger partial charge in [-0.05, 0) is 31.9 Å². The molecule has 1 aliphatic carbocycles. The molecule has 3 nitrogen and oxygen atoms in total. The summed E-state index contributed by atoms with van der Waals surface area (Å²) >= 11 is 1.82. The van der Waals surface area contributed by atoms with E-state index in [0.29, 0.717) is 12.6 Å². The smallest absolute Gasteiger partial charge is 0.323 e. The molecule has 88 valence electrons. The van der Waals surface area contributed by atoms with Crippen molar-refractivity contribution in [3.05, 3.63) is 0 Å². The van der Waals surface area contributed by atoms with Gasteiger partial charge in [0, 0.05) is 11.8 Å². The van der Waals surface area contributed by atoms with Gasteiger partial charge in [-0.2, -0.15) is 11.8 Å². The number of hydrogen-bond acceptors (Lipinski definition) is 4. The van der Waals surface area contributed by atoms with Crippen LogP contribution >= 0.6 is 11.8 Å². The van der Waals surface area contributed by atoms with Crippen LogP contribution in [-0.4, -0.2) is 36.2 Å². The summed E-state index contributed by atoms with van der Waals surface area (Å²) in [6.07, 6.45) is 3.56. The average molecular weight is 231 g/mol. The number of carbonyl (C=O) groups excluding carboxylic acids is 1. The average Bonchev–Trinajstić information content (AvgIpc) is 3.01. The first-order valence-electron chi connectivity index (χ1n) is 5.78. The Balaban J connectivity index is 2.26. The van der Waals surface area contributed by atoms with Gasteiger partial charge in [0.25, 0.3) is 0 Å². The predicted octanol–water partition coefficient (Wildman–Crippen LogP) is 1.81. The SMILES string of the molecule is CCCSCC(NC1CC1)C(=O)OCC. The molecule has 1 N–H and O–H groups in total. The summed E-state index contributed by atoms with van der Waals surface area (Å²) in [5, 5.41) is 3.34. The quantitative estimate of drug-likeness (QED) is 0.511. The Labute approximate surface area is 96.3 Å². The second-order valence-electron chi connectivity index (χ2n) is 3.82. The van der Waals surface area contributed by atoms with Crippen LogP contribution in [0.15, 0.2) is 0 Å². The highest BCUT2D eigenvalue weighted by Gasteiger charge is 2.28. The number of ether oxygens (including phenoxy) is 1. The Morgan fingerprint density at radius 1 is 1.53 bits per heavy atom. The molecule has 0 aromatic heterocycles. The lowest BCUT2D eigenvalue weighted by Crippen LogP contribution is -2.41. The summed E-state index contributed by atoms with van der Waals surface area (Å²) < 4.78 is 5.05. The molecule has 1 unspecified atom stereocenters. The van der Waals surface area contributed by atoms with E-state index < -0.39 is 0 Å². The van der Waals surface area contributed by atoms with Crippen molar-refractivity contribution in [2.75, 3.05) is 18.1 Å². The molecule has 1 atom stereocenters. The Hall–Kier alpha value is -0.220. The van der Waals surface area contributed by atoms with Gasteiger partial charge in [-0.3, -0.25) is 4.79 Å². The number of hydrogen-bond donors (Lipinski definition) is 1. The minimum atomic E-state index is -0.103. The van der Waals surface area contributed by atoms with Gasteiger partial charge in [0.1, 0.15) is 6.04 Å². The van der Waals surface area contributed by atoms with E-state index in [-0.39, 0.29) is 12.0 Å². The summed E-state index contributed by atoms with van der Waals surface area (Å²) in [6.45, 7) is 4.48. The lowest BCUT2D eigenvalue weighted by Gasteiger charge is -2.16. The maximum atomic E-state index is 11.6. The van der Waals surface area contributed by atoms with E-state index in [1.54, 1.807) is 0 Å². The van der Waals surface area contributed by atoms with Gasteiger partial charge in [-0.1, -0.05) is 6.92 Å². The molecule has 0 aliphatic heterocycles. The molecule has 0 heterocycles. The summed E-state index contributed by atoms with van der Waals surface area (Å²) in [7, 11) is 0. The molecular weight excluding hydrogens is 210 g/mol. The third-order valence-electron chi connectivity index (χ3n) is 2.22. The third kappa shape index (κ3) is 5.42. The molecule has 0 spiro atoms. The molecule has 0 aromatic carbocycles. The third-order valence-corrected chi connectivity index (χ3v) is 3.48. The van der Waals surface area contributed by atoms with Crippen LogP contribution in [0.1, 0.15) is 33.1 Å². The fourth-order valence-electron chi connectivity index (χ4n) is 1.31. The molecule has 0 radical (unpaired) electrons. The first kappa shape index (κ1) is 12.8. The highest BCUT2D eigenvalue weighted by molar-refractivity contribution is 7.99. The zero-order chi connectivity index (χ0) is 11.1. The van der Waals surface area contributed by atoms with Crippen LogP contribution in [-0.2, 0) is 9.53 Å². The maximum absolute atomic E-state index is 11.6. The zero-order valence-corrected chi connectivity index (χ0v) is 10.4. The van der Waals surface area contributed by atoms with Gasteiger partial charge < -0.3 is 10.1 Å². The minimum Gasteiger partial charge on any atom is -0.465 e. The van der Waals surface area contributed by atoms with Crippen LogP contribution in [0, 0.1) is 0 Å². The van der Waals surface area contributed by atoms with E-state index in [4.69, 9.17) is 4.74 Å². The molecule has 15 heavy (non-hydrogen) atoms. The first-order chi connectivity index (χ1) is 7.27. The highest BCUT2D eigenvalue weighted by atomic mass is 32.2. The standard InChI is InChI=1S/C11H21NO2S/c1-3-7-15-8-10(11(13)14-4-2)12-9-5-6-9/h9-10,12H,3-8H2,1-2H3. The van der Waals surface area contributed by atoms with Gasteiger partial charge in [-0.15, -0.1) is 0 Å². The fourth-order valence-corrected chi connectivity index (χ4v) is 2.23. The summed E-state index contributed by atoms with van der Waals surface area (Å²) in [5.74, 6) is 1.86. The number of carbonyl (C=O) groups is 1. The van der Waals surface area contributed by atoms with Crippen molar-refractivity contribution < 1.29 is 9.53 Å². The molecule has 0 saturated heterocycles. The van der Waals surface area contributed by atoms with Crippen molar-refractivity contribution in [2.24, 2.45) is 0 Å². The minimum absolute atomic E-state index is 0.0898. The summed E-state index contributed by atoms with van der Waals surface area (Å²) in [6, 6.07) is 0.454. The topological polar surface area (TPSA) is 38.3 Å². The number of rotatable bonds is 8. The van der Waals surface area contributed by atoms with Crippen molar-refractivity contribution in [3.63, 3.8) is 0 Å². The van der Waals surface area contributed by atoms with Gasteiger partial charge in [0.15, 0.2) is 0 Å². The Kier molecular flexibility index (Phi) is 6.10. The maximum Gasteiger partial charge on any atom is 0.323 e. The fraction of sp³-hybridized carbons (Fsp3) is 0.909. The summed E-state index contributed by atoms with van der Waals surface area (Å²) in [4.78, 5) is 11.6. The largest absolute Gasteiger partial charge is 0.465 e. The van der Waals surface area contributed by atoms with Crippen molar-refractivity contribution in [1.82, 2.24) is 5.32 Å². The second kappa shape index (κ2) is 7.12. The van der Waals surface area contributed by atoms with Crippen LogP contribution in [0.2, 0.25) is 0 Å². The van der Waals surface area contributed by atoms with E-state index in [9.17, 15) is 4.79 Å². The Morgan fingerprint density at radius 2 is 2.27 bits per heavy atom. The first-order valence-corrected chi connectivity index (χ1v) is 6.93. The van der Waals surface area contributed by atoms with Crippen LogP contribution in [0.5, 0.6) is 0 Å². The second-order valence-corrected chi connectivity index (χ2v) is 4.97. The van der Waals surface area contributed by atoms with Crippen LogP contribution < -0.4 is 5.32 Å². The van der Waals surface area contributed by atoms with E-state index in [0.717, 1.165) is 17.9 Å². The molecule has 1 rings (SSSR count). The van der Waals surface area contributed by atoms with Crippen LogP contribution in [0.4, 0.5) is 0 Å². The van der Waals surface area contributed by atoms with E-state index in [2.05, 4.69) is 12.2 Å². The number of nitrogens with one attached hydrogen (secondary N) is 1. The number of thioether (sulfide) groups is 1. The van der Waals surface area contributed by atoms with Crippen molar-refractivity contribution in [2.45, 2.75) is 45.2 Å². The highest BCUT2D eigenvalue weighted by Crippen LogP contribution is 2.20. The van der Waals surface area contributed by atoms with E-state index >= 15 is 0 Å². The van der Waals surface area contributed by atoms with E-state index in [1.807, 2.05) is 18.7 Å². The van der Waals surface area contributed by atoms with Crippen molar-refractivity contribution >= 4 is 17.7 Å². The van der Waals surface area contributed by atoms with Crippen molar-refractivity contribution in [1.29, 1.82) is 0 Å². The predicted molar refractivity (Wildman–Crippen MR) is 64.2 cm³/mol. The normalized spacial score (nSPS) is 17.5. The molecule has 4 heteroatoms.